The number of anilines is 1. The number of amides is 1. The zero-order valence-corrected chi connectivity index (χ0v) is 14.5. The van der Waals surface area contributed by atoms with Crippen LogP contribution in [0.1, 0.15) is 29.8 Å². The highest BCUT2D eigenvalue weighted by atomic mass is 16.7. The molecule has 26 heavy (non-hydrogen) atoms. The fourth-order valence-corrected chi connectivity index (χ4v) is 2.43. The first-order valence-corrected chi connectivity index (χ1v) is 8.21. The molecule has 3 aromatic rings. The minimum atomic E-state index is -0.602. The molecular formula is C20H18N2O4. The van der Waals surface area contributed by atoms with Gasteiger partial charge in [-0.3, -0.25) is 4.79 Å². The number of hydrogen-bond donors (Lipinski definition) is 1. The van der Waals surface area contributed by atoms with Crippen molar-refractivity contribution in [2.45, 2.75) is 20.3 Å². The number of benzene rings is 2. The van der Waals surface area contributed by atoms with E-state index in [1.165, 1.54) is 12.5 Å². The Morgan fingerprint density at radius 2 is 1.85 bits per heavy atom. The summed E-state index contributed by atoms with van der Waals surface area (Å²) in [6.07, 6.45) is 0.920. The van der Waals surface area contributed by atoms with Gasteiger partial charge in [0.2, 0.25) is 0 Å². The summed E-state index contributed by atoms with van der Waals surface area (Å²) in [6, 6.07) is 16.4. The van der Waals surface area contributed by atoms with Gasteiger partial charge in [-0.25, -0.2) is 4.79 Å². The van der Waals surface area contributed by atoms with Gasteiger partial charge in [0.1, 0.15) is 11.1 Å². The van der Waals surface area contributed by atoms with Crippen LogP contribution in [0.25, 0.3) is 11.0 Å². The molecule has 132 valence electrons. The van der Waals surface area contributed by atoms with Crippen molar-refractivity contribution in [3.05, 3.63) is 71.3 Å². The average Bonchev–Trinajstić information content (AvgIpc) is 2.66. The number of hydrogen-bond acceptors (Lipinski definition) is 5. The molecule has 2 aromatic carbocycles. The van der Waals surface area contributed by atoms with Crippen molar-refractivity contribution in [1.29, 1.82) is 0 Å². The van der Waals surface area contributed by atoms with Crippen LogP contribution < -0.4 is 10.9 Å². The van der Waals surface area contributed by atoms with Crippen LogP contribution in [-0.2, 0) is 16.1 Å². The largest absolute Gasteiger partial charge is 0.435 e. The Bertz CT molecular complexity index is 1020. The maximum atomic E-state index is 12.7. The Labute approximate surface area is 150 Å². The van der Waals surface area contributed by atoms with Gasteiger partial charge in [0, 0.05) is 18.0 Å². The first-order valence-electron chi connectivity index (χ1n) is 8.21. The number of carbonyl (C=O) groups is 2. The van der Waals surface area contributed by atoms with E-state index in [0.29, 0.717) is 11.3 Å². The molecule has 0 saturated carbocycles. The zero-order valence-electron chi connectivity index (χ0n) is 14.5. The van der Waals surface area contributed by atoms with Gasteiger partial charge in [0.05, 0.1) is 0 Å². The van der Waals surface area contributed by atoms with Gasteiger partial charge >= 0.3 is 5.97 Å². The lowest BCUT2D eigenvalue weighted by molar-refractivity contribution is -0.141. The lowest BCUT2D eigenvalue weighted by Gasteiger charge is -2.07. The van der Waals surface area contributed by atoms with Gasteiger partial charge in [0.15, 0.2) is 0 Å². The van der Waals surface area contributed by atoms with Crippen LogP contribution in [0.4, 0.5) is 5.69 Å². The average molecular weight is 350 g/mol. The molecule has 0 aliphatic rings. The summed E-state index contributed by atoms with van der Waals surface area (Å²) in [5.74, 6) is -1.01. The third-order valence-electron chi connectivity index (χ3n) is 3.78. The SMILES string of the molecule is CCc1ccc(NC(=O)c2cc3ccccc3oc2=NOC(C)=O)cc1. The summed E-state index contributed by atoms with van der Waals surface area (Å²) in [7, 11) is 0. The molecule has 0 radical (unpaired) electrons. The lowest BCUT2D eigenvalue weighted by atomic mass is 10.1. The van der Waals surface area contributed by atoms with Crippen LogP contribution in [0.15, 0.2) is 64.2 Å². The third kappa shape index (κ3) is 3.97. The quantitative estimate of drug-likeness (QED) is 0.575. The molecule has 0 spiro atoms. The first kappa shape index (κ1) is 17.4. The van der Waals surface area contributed by atoms with E-state index in [4.69, 9.17) is 4.42 Å². The van der Waals surface area contributed by atoms with E-state index in [9.17, 15) is 9.59 Å². The van der Waals surface area contributed by atoms with Crippen LogP contribution in [-0.4, -0.2) is 11.9 Å². The Balaban J connectivity index is 2.00. The molecule has 0 atom stereocenters. The Hall–Kier alpha value is -3.41. The van der Waals surface area contributed by atoms with Gasteiger partial charge in [-0.05, 0) is 41.4 Å². The maximum absolute atomic E-state index is 12.7. The predicted octanol–water partition coefficient (Wildman–Crippen LogP) is 3.63. The van der Waals surface area contributed by atoms with Crippen molar-refractivity contribution >= 4 is 28.5 Å². The number of aryl methyl sites for hydroxylation is 1. The second-order valence-corrected chi connectivity index (χ2v) is 5.68. The summed E-state index contributed by atoms with van der Waals surface area (Å²) in [5.41, 5.74) is 2.46. The Kier molecular flexibility index (Phi) is 5.12. The van der Waals surface area contributed by atoms with E-state index in [0.717, 1.165) is 11.8 Å². The molecular weight excluding hydrogens is 332 g/mol. The molecule has 0 aliphatic carbocycles. The predicted molar refractivity (Wildman–Crippen MR) is 97.3 cm³/mol. The fourth-order valence-electron chi connectivity index (χ4n) is 2.43. The Morgan fingerprint density at radius 1 is 1.12 bits per heavy atom. The standard InChI is InChI=1S/C20H18N2O4/c1-3-14-8-10-16(11-9-14)21-19(24)17-12-15-6-4-5-7-18(15)25-20(17)22-26-13(2)23/h4-12H,3H2,1-2H3,(H,21,24). The smallest absolute Gasteiger partial charge is 0.332 e. The summed E-state index contributed by atoms with van der Waals surface area (Å²) >= 11 is 0. The highest BCUT2D eigenvalue weighted by molar-refractivity contribution is 6.05. The van der Waals surface area contributed by atoms with E-state index in [-0.39, 0.29) is 11.1 Å². The van der Waals surface area contributed by atoms with E-state index in [1.54, 1.807) is 18.2 Å². The molecule has 0 fully saturated rings. The molecule has 1 N–H and O–H groups in total. The highest BCUT2D eigenvalue weighted by Crippen LogP contribution is 2.15. The van der Waals surface area contributed by atoms with Crippen molar-refractivity contribution in [1.82, 2.24) is 0 Å². The van der Waals surface area contributed by atoms with E-state index >= 15 is 0 Å². The maximum Gasteiger partial charge on any atom is 0.332 e. The van der Waals surface area contributed by atoms with Crippen molar-refractivity contribution < 1.29 is 18.8 Å². The lowest BCUT2D eigenvalue weighted by Crippen LogP contribution is -2.22. The molecule has 6 nitrogen and oxygen atoms in total. The highest BCUT2D eigenvalue weighted by Gasteiger charge is 2.13. The number of nitrogens with zero attached hydrogens (tertiary/aromatic N) is 1. The minimum Gasteiger partial charge on any atom is -0.435 e. The fraction of sp³-hybridized carbons (Fsp3) is 0.150. The molecule has 0 unspecified atom stereocenters. The van der Waals surface area contributed by atoms with Crippen molar-refractivity contribution in [2.24, 2.45) is 5.16 Å². The molecule has 1 amide bonds. The second-order valence-electron chi connectivity index (χ2n) is 5.68. The van der Waals surface area contributed by atoms with Crippen molar-refractivity contribution in [2.75, 3.05) is 5.32 Å². The van der Waals surface area contributed by atoms with E-state index < -0.39 is 11.9 Å². The summed E-state index contributed by atoms with van der Waals surface area (Å²) in [4.78, 5) is 28.4. The first-order chi connectivity index (χ1) is 12.6. The normalized spacial score (nSPS) is 11.4. The third-order valence-corrected chi connectivity index (χ3v) is 3.78. The Morgan fingerprint density at radius 3 is 2.54 bits per heavy atom. The van der Waals surface area contributed by atoms with E-state index in [2.05, 4.69) is 22.2 Å². The van der Waals surface area contributed by atoms with Crippen LogP contribution in [0, 0.1) is 0 Å². The van der Waals surface area contributed by atoms with E-state index in [1.807, 2.05) is 36.4 Å². The van der Waals surface area contributed by atoms with Gasteiger partial charge in [-0.15, -0.1) is 0 Å². The number of fused-ring (bicyclic) bond motifs is 1. The molecule has 0 bridgehead atoms. The van der Waals surface area contributed by atoms with Crippen LogP contribution in [0.2, 0.25) is 0 Å². The van der Waals surface area contributed by atoms with Gasteiger partial charge in [0.25, 0.3) is 11.5 Å². The number of para-hydroxylation sites is 1. The second kappa shape index (κ2) is 7.65. The topological polar surface area (TPSA) is 80.9 Å². The summed E-state index contributed by atoms with van der Waals surface area (Å²) < 4.78 is 5.63. The molecule has 6 heteroatoms. The van der Waals surface area contributed by atoms with Gasteiger partial charge in [-0.1, -0.05) is 37.3 Å². The van der Waals surface area contributed by atoms with Crippen LogP contribution >= 0.6 is 0 Å². The van der Waals surface area contributed by atoms with Gasteiger partial charge < -0.3 is 14.6 Å². The minimum absolute atomic E-state index is 0.0680. The molecule has 0 aliphatic heterocycles. The number of carbonyl (C=O) groups excluding carboxylic acids is 2. The van der Waals surface area contributed by atoms with Crippen molar-refractivity contribution in [3.8, 4) is 0 Å². The molecule has 3 rings (SSSR count). The summed E-state index contributed by atoms with van der Waals surface area (Å²) in [5, 5.41) is 7.21. The number of rotatable bonds is 4. The van der Waals surface area contributed by atoms with Crippen molar-refractivity contribution in [3.63, 3.8) is 0 Å². The van der Waals surface area contributed by atoms with Crippen LogP contribution in [0.5, 0.6) is 0 Å². The van der Waals surface area contributed by atoms with Gasteiger partial charge in [-0.2, -0.15) is 0 Å². The number of nitrogens with one attached hydrogen (secondary N) is 1. The molecule has 0 saturated heterocycles. The summed E-state index contributed by atoms with van der Waals surface area (Å²) in [6.45, 7) is 3.28. The monoisotopic (exact) mass is 350 g/mol. The zero-order chi connectivity index (χ0) is 18.5. The molecule has 1 aromatic heterocycles. The van der Waals surface area contributed by atoms with Crippen LogP contribution in [0.3, 0.4) is 0 Å². The molecule has 1 heterocycles.